The van der Waals surface area contributed by atoms with E-state index in [4.69, 9.17) is 9.47 Å². The maximum absolute atomic E-state index is 5.98. The molecule has 1 aliphatic heterocycles. The van der Waals surface area contributed by atoms with Crippen molar-refractivity contribution in [3.63, 3.8) is 0 Å². The Hall–Kier alpha value is -1.05. The van der Waals surface area contributed by atoms with Crippen molar-refractivity contribution in [1.82, 2.24) is 4.98 Å². The van der Waals surface area contributed by atoms with Gasteiger partial charge in [-0.2, -0.15) is 0 Å². The third-order valence-corrected chi connectivity index (χ3v) is 8.22. The van der Waals surface area contributed by atoms with Crippen LogP contribution in [0.1, 0.15) is 29.7 Å². The summed E-state index contributed by atoms with van der Waals surface area (Å²) < 4.78 is 12.9. The minimum absolute atomic E-state index is 0.0304. The average Bonchev–Trinajstić information content (AvgIpc) is 3.27. The lowest BCUT2D eigenvalue weighted by Crippen LogP contribution is -2.23. The molecule has 1 atom stereocenters. The Morgan fingerprint density at radius 2 is 2.00 bits per heavy atom. The molecular formula is C21H22BrNO2S2. The summed E-state index contributed by atoms with van der Waals surface area (Å²) in [4.78, 5) is 9.40. The van der Waals surface area contributed by atoms with Crippen LogP contribution in [0.15, 0.2) is 41.1 Å². The molecule has 3 aromatic heterocycles. The Bertz CT molecular complexity index is 865. The molecule has 0 aliphatic carbocycles. The minimum atomic E-state index is -0.0304. The molecule has 1 unspecified atom stereocenters. The van der Waals surface area contributed by atoms with Gasteiger partial charge in [-0.15, -0.1) is 22.7 Å². The summed E-state index contributed by atoms with van der Waals surface area (Å²) in [6, 6.07) is 8.71. The molecule has 3 aromatic rings. The Morgan fingerprint density at radius 1 is 1.19 bits per heavy atom. The Balaban J connectivity index is 1.56. The summed E-state index contributed by atoms with van der Waals surface area (Å²) in [6.45, 7) is 3.66. The van der Waals surface area contributed by atoms with Gasteiger partial charge in [-0.05, 0) is 83.9 Å². The van der Waals surface area contributed by atoms with Crippen LogP contribution in [0.25, 0.3) is 20.2 Å². The lowest BCUT2D eigenvalue weighted by Gasteiger charge is -2.22. The van der Waals surface area contributed by atoms with Gasteiger partial charge in [0.05, 0.1) is 6.61 Å². The van der Waals surface area contributed by atoms with Crippen LogP contribution in [0.5, 0.6) is 0 Å². The average molecular weight is 464 g/mol. The normalized spacial score (nSPS) is 17.3. The van der Waals surface area contributed by atoms with E-state index in [1.165, 1.54) is 41.5 Å². The van der Waals surface area contributed by atoms with Gasteiger partial charge >= 0.3 is 0 Å². The van der Waals surface area contributed by atoms with Crippen molar-refractivity contribution >= 4 is 38.6 Å². The largest absolute Gasteiger partial charge is 0.353 e. The van der Waals surface area contributed by atoms with Crippen molar-refractivity contribution in [2.45, 2.75) is 38.9 Å². The second-order valence-electron chi connectivity index (χ2n) is 6.63. The van der Waals surface area contributed by atoms with Crippen LogP contribution in [0.4, 0.5) is 0 Å². The molecule has 27 heavy (non-hydrogen) atoms. The maximum atomic E-state index is 5.98. The number of pyridine rings is 1. The molecule has 0 bridgehead atoms. The summed E-state index contributed by atoms with van der Waals surface area (Å²) in [7, 11) is 0. The summed E-state index contributed by atoms with van der Waals surface area (Å²) in [5.74, 6) is 0. The Labute approximate surface area is 176 Å². The Morgan fingerprint density at radius 3 is 2.70 bits per heavy atom. The number of hydrogen-bond donors (Lipinski definition) is 0. The van der Waals surface area contributed by atoms with Gasteiger partial charge in [0.2, 0.25) is 0 Å². The second kappa shape index (κ2) is 8.97. The zero-order chi connectivity index (χ0) is 18.6. The number of aromatic nitrogens is 1. The molecular weight excluding hydrogens is 442 g/mol. The number of thiophene rings is 2. The van der Waals surface area contributed by atoms with Crippen LogP contribution in [-0.2, 0) is 15.9 Å². The van der Waals surface area contributed by atoms with Crippen molar-refractivity contribution in [1.29, 1.82) is 0 Å². The van der Waals surface area contributed by atoms with Gasteiger partial charge in [-0.1, -0.05) is 0 Å². The quantitative estimate of drug-likeness (QED) is 0.407. The SMILES string of the molecule is Cc1sc(-c2cc(CCOC3CCCCO3)c(-c3ccncc3)s2)cc1Br. The summed E-state index contributed by atoms with van der Waals surface area (Å²) in [5.41, 5.74) is 2.55. The van der Waals surface area contributed by atoms with Crippen LogP contribution in [0.3, 0.4) is 0 Å². The molecule has 4 heterocycles. The molecule has 0 N–H and O–H groups in total. The first-order chi connectivity index (χ1) is 13.2. The fraction of sp³-hybridized carbons (Fsp3) is 0.381. The van der Waals surface area contributed by atoms with Crippen molar-refractivity contribution in [3.8, 4) is 20.2 Å². The monoisotopic (exact) mass is 463 g/mol. The van der Waals surface area contributed by atoms with Crippen molar-refractivity contribution in [3.05, 3.63) is 51.6 Å². The van der Waals surface area contributed by atoms with Gasteiger partial charge in [0.15, 0.2) is 6.29 Å². The molecule has 0 amide bonds. The lowest BCUT2D eigenvalue weighted by molar-refractivity contribution is -0.161. The minimum Gasteiger partial charge on any atom is -0.353 e. The summed E-state index contributed by atoms with van der Waals surface area (Å²) in [6.07, 6.45) is 7.93. The topological polar surface area (TPSA) is 31.4 Å². The number of ether oxygens (including phenoxy) is 2. The van der Waals surface area contributed by atoms with Gasteiger partial charge < -0.3 is 9.47 Å². The van der Waals surface area contributed by atoms with Crippen LogP contribution >= 0.6 is 38.6 Å². The van der Waals surface area contributed by atoms with Crippen LogP contribution in [-0.4, -0.2) is 24.5 Å². The predicted molar refractivity (Wildman–Crippen MR) is 117 cm³/mol. The van der Waals surface area contributed by atoms with E-state index in [-0.39, 0.29) is 6.29 Å². The molecule has 1 saturated heterocycles. The van der Waals surface area contributed by atoms with Gasteiger partial charge in [-0.3, -0.25) is 4.98 Å². The molecule has 6 heteroatoms. The van der Waals surface area contributed by atoms with Gasteiger partial charge in [-0.25, -0.2) is 0 Å². The lowest BCUT2D eigenvalue weighted by atomic mass is 10.1. The van der Waals surface area contributed by atoms with Crippen molar-refractivity contribution in [2.75, 3.05) is 13.2 Å². The van der Waals surface area contributed by atoms with E-state index in [1.807, 2.05) is 35.1 Å². The van der Waals surface area contributed by atoms with E-state index >= 15 is 0 Å². The number of rotatable bonds is 6. The molecule has 142 valence electrons. The highest BCUT2D eigenvalue weighted by molar-refractivity contribution is 9.10. The van der Waals surface area contributed by atoms with E-state index in [0.717, 1.165) is 25.9 Å². The van der Waals surface area contributed by atoms with Gasteiger partial charge in [0.25, 0.3) is 0 Å². The first-order valence-electron chi connectivity index (χ1n) is 9.23. The van der Waals surface area contributed by atoms with E-state index in [0.29, 0.717) is 6.61 Å². The molecule has 0 saturated carbocycles. The van der Waals surface area contributed by atoms with E-state index in [2.05, 4.69) is 52.1 Å². The van der Waals surface area contributed by atoms with Crippen LogP contribution in [0, 0.1) is 6.92 Å². The predicted octanol–water partition coefficient (Wildman–Crippen LogP) is 6.70. The second-order valence-corrected chi connectivity index (χ2v) is 9.80. The van der Waals surface area contributed by atoms with E-state index in [1.54, 1.807) is 0 Å². The van der Waals surface area contributed by atoms with Crippen molar-refractivity contribution in [2.24, 2.45) is 0 Å². The fourth-order valence-corrected chi connectivity index (χ4v) is 6.03. The van der Waals surface area contributed by atoms with Crippen LogP contribution < -0.4 is 0 Å². The standard InChI is InChI=1S/C21H22BrNO2S2/c1-14-17(22)13-19(26-14)18-12-16(7-11-25-20-4-2-3-10-24-20)21(27-18)15-5-8-23-9-6-15/h5-6,8-9,12-13,20H,2-4,7,10-11H2,1H3. The van der Waals surface area contributed by atoms with E-state index in [9.17, 15) is 0 Å². The molecule has 0 aromatic carbocycles. The van der Waals surface area contributed by atoms with Gasteiger partial charge in [0.1, 0.15) is 0 Å². The highest BCUT2D eigenvalue weighted by Crippen LogP contribution is 2.42. The van der Waals surface area contributed by atoms with Crippen molar-refractivity contribution < 1.29 is 9.47 Å². The molecule has 0 spiro atoms. The number of halogens is 1. The first kappa shape index (κ1) is 19.3. The molecule has 4 rings (SSSR count). The number of hydrogen-bond acceptors (Lipinski definition) is 5. The highest BCUT2D eigenvalue weighted by Gasteiger charge is 2.17. The summed E-state index contributed by atoms with van der Waals surface area (Å²) in [5, 5.41) is 0. The van der Waals surface area contributed by atoms with Crippen LogP contribution in [0.2, 0.25) is 0 Å². The number of nitrogens with zero attached hydrogens (tertiary/aromatic N) is 1. The smallest absolute Gasteiger partial charge is 0.157 e. The number of aryl methyl sites for hydroxylation is 1. The Kier molecular flexibility index (Phi) is 6.40. The molecule has 1 aliphatic rings. The maximum Gasteiger partial charge on any atom is 0.157 e. The highest BCUT2D eigenvalue weighted by atomic mass is 79.9. The molecule has 0 radical (unpaired) electrons. The molecule has 3 nitrogen and oxygen atoms in total. The zero-order valence-electron chi connectivity index (χ0n) is 15.2. The fourth-order valence-electron chi connectivity index (χ4n) is 3.21. The summed E-state index contributed by atoms with van der Waals surface area (Å²) >= 11 is 7.32. The van der Waals surface area contributed by atoms with E-state index < -0.39 is 0 Å². The third-order valence-electron chi connectivity index (χ3n) is 4.66. The third kappa shape index (κ3) is 4.69. The zero-order valence-corrected chi connectivity index (χ0v) is 18.5. The van der Waals surface area contributed by atoms with Gasteiger partial charge in [0, 0.05) is 43.0 Å². The molecule has 1 fully saturated rings. The first-order valence-corrected chi connectivity index (χ1v) is 11.7.